The number of hydrogen-bond acceptors (Lipinski definition) is 5. The molecule has 3 rings (SSSR count). The van der Waals surface area contributed by atoms with Gasteiger partial charge in [-0.1, -0.05) is 6.07 Å². The van der Waals surface area contributed by atoms with Crippen molar-refractivity contribution in [3.63, 3.8) is 0 Å². The summed E-state index contributed by atoms with van der Waals surface area (Å²) in [4.78, 5) is 39.8. The number of ether oxygens (including phenoxy) is 1. The van der Waals surface area contributed by atoms with Crippen LogP contribution in [0.25, 0.3) is 0 Å². The molecular formula is C23H34N4O4. The van der Waals surface area contributed by atoms with Crippen LogP contribution in [-0.2, 0) is 9.59 Å². The summed E-state index contributed by atoms with van der Waals surface area (Å²) in [5.74, 6) is 0.801. The third-order valence-corrected chi connectivity index (χ3v) is 6.21. The number of piperidine rings is 1. The van der Waals surface area contributed by atoms with Gasteiger partial charge in [-0.2, -0.15) is 0 Å². The second kappa shape index (κ2) is 10.6. The number of benzene rings is 1. The highest BCUT2D eigenvalue weighted by molar-refractivity contribution is 6.06. The normalized spacial score (nSPS) is 18.3. The van der Waals surface area contributed by atoms with Crippen molar-refractivity contribution >= 4 is 23.5 Å². The van der Waals surface area contributed by atoms with E-state index in [-0.39, 0.29) is 24.8 Å². The Balaban J connectivity index is 1.43. The summed E-state index contributed by atoms with van der Waals surface area (Å²) in [5, 5.41) is 5.28. The van der Waals surface area contributed by atoms with Crippen LogP contribution in [0.2, 0.25) is 0 Å². The lowest BCUT2D eigenvalue weighted by Gasteiger charge is -2.34. The monoisotopic (exact) mass is 430 g/mol. The first kappa shape index (κ1) is 23.1. The van der Waals surface area contributed by atoms with Crippen LogP contribution in [0.15, 0.2) is 18.2 Å². The number of anilines is 1. The number of nitrogens with zero attached hydrogens (tertiary/aromatic N) is 2. The maximum atomic E-state index is 12.2. The number of nitrogens with one attached hydrogen (secondary N) is 2. The van der Waals surface area contributed by atoms with E-state index >= 15 is 0 Å². The number of amides is 4. The number of urea groups is 1. The number of carbonyl (C=O) groups excluding carboxylic acids is 3. The fourth-order valence-corrected chi connectivity index (χ4v) is 4.21. The molecule has 2 heterocycles. The van der Waals surface area contributed by atoms with Crippen molar-refractivity contribution in [2.75, 3.05) is 37.7 Å². The molecule has 4 amide bonds. The van der Waals surface area contributed by atoms with E-state index in [9.17, 15) is 14.4 Å². The molecule has 170 valence electrons. The van der Waals surface area contributed by atoms with Crippen molar-refractivity contribution < 1.29 is 19.1 Å². The molecule has 0 bridgehead atoms. The van der Waals surface area contributed by atoms with Crippen LogP contribution in [0.4, 0.5) is 10.5 Å². The van der Waals surface area contributed by atoms with Crippen molar-refractivity contribution in [1.82, 2.24) is 15.5 Å². The summed E-state index contributed by atoms with van der Waals surface area (Å²) >= 11 is 0. The van der Waals surface area contributed by atoms with E-state index in [2.05, 4.69) is 29.4 Å². The zero-order valence-electron chi connectivity index (χ0n) is 18.8. The summed E-state index contributed by atoms with van der Waals surface area (Å²) < 4.78 is 5.73. The van der Waals surface area contributed by atoms with Gasteiger partial charge in [-0.05, 0) is 71.2 Å². The van der Waals surface area contributed by atoms with Crippen LogP contribution in [0.3, 0.4) is 0 Å². The molecular weight excluding hydrogens is 396 g/mol. The second-order valence-electron chi connectivity index (χ2n) is 8.66. The third-order valence-electron chi connectivity index (χ3n) is 6.21. The Morgan fingerprint density at radius 2 is 1.97 bits per heavy atom. The van der Waals surface area contributed by atoms with Gasteiger partial charge in [0.15, 0.2) is 6.61 Å². The first-order chi connectivity index (χ1) is 14.8. The summed E-state index contributed by atoms with van der Waals surface area (Å²) in [5.41, 5.74) is 1.44. The molecule has 1 aromatic rings. The SMILES string of the molecule is Cc1c(OCC(=O)NCCC2CCN(C(C)C)CC2)cccc1N1CCC(=O)NC1=O. The van der Waals surface area contributed by atoms with E-state index in [1.165, 1.54) is 17.7 Å². The molecule has 31 heavy (non-hydrogen) atoms. The molecule has 2 saturated heterocycles. The minimum absolute atomic E-state index is 0.0687. The van der Waals surface area contributed by atoms with Gasteiger partial charge in [0, 0.05) is 31.1 Å². The molecule has 1 aromatic carbocycles. The molecule has 0 saturated carbocycles. The van der Waals surface area contributed by atoms with Gasteiger partial charge in [-0.15, -0.1) is 0 Å². The van der Waals surface area contributed by atoms with Gasteiger partial charge >= 0.3 is 6.03 Å². The average molecular weight is 431 g/mol. The summed E-state index contributed by atoms with van der Waals surface area (Å²) in [6.07, 6.45) is 3.63. The average Bonchev–Trinajstić information content (AvgIpc) is 2.74. The van der Waals surface area contributed by atoms with Crippen molar-refractivity contribution in [3.05, 3.63) is 23.8 Å². The van der Waals surface area contributed by atoms with Crippen LogP contribution in [0.5, 0.6) is 5.75 Å². The standard InChI is InChI=1S/C23H34N4O4/c1-16(2)26-12-8-18(9-13-26)7-11-24-22(29)15-31-20-6-4-5-19(17(20)3)27-14-10-21(28)25-23(27)30/h4-6,16,18H,7-15H2,1-3H3,(H,24,29)(H,25,28,30). The van der Waals surface area contributed by atoms with Gasteiger partial charge in [0.05, 0.1) is 5.69 Å². The highest BCUT2D eigenvalue weighted by atomic mass is 16.5. The molecule has 0 radical (unpaired) electrons. The molecule has 0 aromatic heterocycles. The number of likely N-dealkylation sites (tertiary alicyclic amines) is 1. The van der Waals surface area contributed by atoms with Crippen molar-refractivity contribution in [2.24, 2.45) is 5.92 Å². The molecule has 0 atom stereocenters. The summed E-state index contributed by atoms with van der Waals surface area (Å²) in [6.45, 7) is 9.51. The third kappa shape index (κ3) is 6.19. The fraction of sp³-hybridized carbons (Fsp3) is 0.609. The lowest BCUT2D eigenvalue weighted by atomic mass is 9.93. The van der Waals surface area contributed by atoms with Crippen LogP contribution in [0.1, 0.15) is 45.1 Å². The van der Waals surface area contributed by atoms with Crippen LogP contribution in [0, 0.1) is 12.8 Å². The topological polar surface area (TPSA) is 91.0 Å². The van der Waals surface area contributed by atoms with E-state index in [0.717, 1.165) is 25.1 Å². The van der Waals surface area contributed by atoms with Crippen molar-refractivity contribution in [3.8, 4) is 5.75 Å². The first-order valence-corrected chi connectivity index (χ1v) is 11.2. The minimum atomic E-state index is -0.437. The Hall–Kier alpha value is -2.61. The molecule has 2 fully saturated rings. The summed E-state index contributed by atoms with van der Waals surface area (Å²) in [6, 6.07) is 5.53. The maximum Gasteiger partial charge on any atom is 0.328 e. The van der Waals surface area contributed by atoms with Gasteiger partial charge in [-0.25, -0.2) is 4.79 Å². The zero-order valence-corrected chi connectivity index (χ0v) is 18.8. The van der Waals surface area contributed by atoms with Gasteiger partial charge < -0.3 is 15.0 Å². The fourth-order valence-electron chi connectivity index (χ4n) is 4.21. The Labute approximate surface area is 184 Å². The van der Waals surface area contributed by atoms with Gasteiger partial charge in [0.1, 0.15) is 5.75 Å². The van der Waals surface area contributed by atoms with Gasteiger partial charge in [-0.3, -0.25) is 19.8 Å². The predicted octanol–water partition coefficient (Wildman–Crippen LogP) is 2.45. The van der Waals surface area contributed by atoms with Gasteiger partial charge in [0.25, 0.3) is 5.91 Å². The van der Waals surface area contributed by atoms with Crippen LogP contribution < -0.4 is 20.3 Å². The zero-order chi connectivity index (χ0) is 22.4. The molecule has 2 N–H and O–H groups in total. The lowest BCUT2D eigenvalue weighted by Crippen LogP contribution is -2.49. The molecule has 8 heteroatoms. The number of rotatable bonds is 8. The Bertz CT molecular complexity index is 803. The quantitative estimate of drug-likeness (QED) is 0.661. The van der Waals surface area contributed by atoms with E-state index < -0.39 is 6.03 Å². The molecule has 8 nitrogen and oxygen atoms in total. The van der Waals surface area contributed by atoms with E-state index in [0.29, 0.717) is 36.5 Å². The predicted molar refractivity (Wildman–Crippen MR) is 119 cm³/mol. The van der Waals surface area contributed by atoms with Crippen molar-refractivity contribution in [1.29, 1.82) is 0 Å². The minimum Gasteiger partial charge on any atom is -0.483 e. The van der Waals surface area contributed by atoms with Crippen LogP contribution >= 0.6 is 0 Å². The highest BCUT2D eigenvalue weighted by Gasteiger charge is 2.26. The largest absolute Gasteiger partial charge is 0.483 e. The first-order valence-electron chi connectivity index (χ1n) is 11.2. The van der Waals surface area contributed by atoms with Gasteiger partial charge in [0.2, 0.25) is 5.91 Å². The van der Waals surface area contributed by atoms with E-state index in [1.807, 2.05) is 13.0 Å². The number of carbonyl (C=O) groups is 3. The van der Waals surface area contributed by atoms with E-state index in [4.69, 9.17) is 4.74 Å². The van der Waals surface area contributed by atoms with E-state index in [1.54, 1.807) is 12.1 Å². The number of imide groups is 1. The number of hydrogen-bond donors (Lipinski definition) is 2. The highest BCUT2D eigenvalue weighted by Crippen LogP contribution is 2.29. The maximum absolute atomic E-state index is 12.2. The Morgan fingerprint density at radius 1 is 1.23 bits per heavy atom. The smallest absolute Gasteiger partial charge is 0.328 e. The second-order valence-corrected chi connectivity index (χ2v) is 8.66. The molecule has 0 unspecified atom stereocenters. The summed E-state index contributed by atoms with van der Waals surface area (Å²) in [7, 11) is 0. The molecule has 0 aliphatic carbocycles. The van der Waals surface area contributed by atoms with Crippen molar-refractivity contribution in [2.45, 2.75) is 52.5 Å². The molecule has 2 aliphatic heterocycles. The Morgan fingerprint density at radius 3 is 2.65 bits per heavy atom. The molecule has 0 spiro atoms. The lowest BCUT2D eigenvalue weighted by molar-refractivity contribution is -0.123. The Kier molecular flexibility index (Phi) is 7.90. The van der Waals surface area contributed by atoms with Crippen LogP contribution in [-0.4, -0.2) is 61.6 Å². The molecule has 2 aliphatic rings.